The number of carbonyl (C=O) groups is 4. The number of hydrogen-bond acceptors (Lipinski definition) is 10. The van der Waals surface area contributed by atoms with Crippen LogP contribution in [0.2, 0.25) is 0 Å². The molecule has 3 aromatic carbocycles. The largest absolute Gasteiger partial charge is 0.453 e. The number of methoxy groups -OCH3 is 2. The van der Waals surface area contributed by atoms with Crippen molar-refractivity contribution < 1.29 is 33.0 Å². The Morgan fingerprint density at radius 3 is 1.54 bits per heavy atom. The SMILES string of the molecule is COC(=O)N[C@H](C(=O)N1CCC[C@H]1c1nc2ccc([C@H]3CC[C@H](c4ccc5nc([C@@H]6CCCN6C(=O)[C@@H](NC(=O)OC)C(C)C)[nH]c5c4)N3c3ccc(NC(C)(C)C)c(F)c3)cc2[nH]1)C(C)C. The van der Waals surface area contributed by atoms with Crippen LogP contribution in [0.4, 0.5) is 25.4 Å². The first-order valence-corrected chi connectivity index (χ1v) is 23.6. The number of carbonyl (C=O) groups excluding carboxylic acids is 4. The number of halogens is 1. The number of nitrogens with zero attached hydrogens (tertiary/aromatic N) is 5. The molecule has 5 N–H and O–H groups in total. The van der Waals surface area contributed by atoms with Gasteiger partial charge >= 0.3 is 12.2 Å². The smallest absolute Gasteiger partial charge is 0.407 e. The van der Waals surface area contributed by atoms with Crippen LogP contribution < -0.4 is 20.9 Å². The van der Waals surface area contributed by atoms with Gasteiger partial charge in [-0.2, -0.15) is 0 Å². The lowest BCUT2D eigenvalue weighted by atomic mass is 10.0. The van der Waals surface area contributed by atoms with Crippen molar-refractivity contribution in [2.75, 3.05) is 37.5 Å². The topological polar surface area (TPSA) is 190 Å². The number of anilines is 2. The van der Waals surface area contributed by atoms with Gasteiger partial charge in [-0.25, -0.2) is 23.9 Å². The van der Waals surface area contributed by atoms with E-state index in [1.54, 1.807) is 6.07 Å². The maximum atomic E-state index is 16.1. The van der Waals surface area contributed by atoms with Crippen LogP contribution in [0, 0.1) is 17.7 Å². The van der Waals surface area contributed by atoms with E-state index >= 15 is 4.39 Å². The predicted molar refractivity (Wildman–Crippen MR) is 255 cm³/mol. The van der Waals surface area contributed by atoms with Crippen molar-refractivity contribution in [3.63, 3.8) is 0 Å². The Morgan fingerprint density at radius 2 is 1.13 bits per heavy atom. The van der Waals surface area contributed by atoms with Gasteiger partial charge < -0.3 is 50.1 Å². The highest BCUT2D eigenvalue weighted by molar-refractivity contribution is 5.87. The van der Waals surface area contributed by atoms with Gasteiger partial charge in [0.15, 0.2) is 0 Å². The molecule has 0 unspecified atom stereocenters. The van der Waals surface area contributed by atoms with Gasteiger partial charge in [-0.3, -0.25) is 9.59 Å². The van der Waals surface area contributed by atoms with Crippen molar-refractivity contribution in [1.82, 2.24) is 40.4 Å². The molecule has 0 aliphatic carbocycles. The number of likely N-dealkylation sites (tertiary alicyclic amines) is 2. The van der Waals surface area contributed by atoms with Crippen LogP contribution in [-0.4, -0.2) is 98.7 Å². The lowest BCUT2D eigenvalue weighted by Gasteiger charge is -2.34. The summed E-state index contributed by atoms with van der Waals surface area (Å²) in [5.41, 5.74) is 6.16. The summed E-state index contributed by atoms with van der Waals surface area (Å²) in [6.07, 6.45) is 3.36. The van der Waals surface area contributed by atoms with Gasteiger partial charge in [0.1, 0.15) is 29.5 Å². The molecule has 67 heavy (non-hydrogen) atoms. The minimum atomic E-state index is -0.737. The first-order chi connectivity index (χ1) is 31.9. The van der Waals surface area contributed by atoms with Gasteiger partial charge in [0, 0.05) is 24.3 Å². The number of amides is 4. The number of ether oxygens (including phenoxy) is 2. The molecule has 5 heterocycles. The molecule has 0 spiro atoms. The van der Waals surface area contributed by atoms with E-state index in [4.69, 9.17) is 19.4 Å². The van der Waals surface area contributed by atoms with Crippen LogP contribution in [0.5, 0.6) is 0 Å². The lowest BCUT2D eigenvalue weighted by Crippen LogP contribution is -2.51. The molecule has 0 radical (unpaired) electrons. The third-order valence-corrected chi connectivity index (χ3v) is 13.4. The number of nitrogens with one attached hydrogen (secondary N) is 5. The number of fused-ring (bicyclic) bond motifs is 2. The van der Waals surface area contributed by atoms with Crippen molar-refractivity contribution in [2.45, 2.75) is 129 Å². The minimum Gasteiger partial charge on any atom is -0.453 e. The van der Waals surface area contributed by atoms with Crippen LogP contribution in [0.3, 0.4) is 0 Å². The molecular formula is C50H65FN10O6. The minimum absolute atomic E-state index is 0.124. The quantitative estimate of drug-likeness (QED) is 0.0808. The maximum Gasteiger partial charge on any atom is 0.407 e. The zero-order chi connectivity index (χ0) is 47.9. The van der Waals surface area contributed by atoms with Crippen molar-refractivity contribution in [1.29, 1.82) is 0 Å². The van der Waals surface area contributed by atoms with Crippen LogP contribution in [0.25, 0.3) is 22.1 Å². The average molecular weight is 921 g/mol. The molecule has 8 rings (SSSR count). The normalized spacial score (nSPS) is 20.8. The summed E-state index contributed by atoms with van der Waals surface area (Å²) < 4.78 is 25.8. The first kappa shape index (κ1) is 47.1. The standard InChI is InChI=1S/C50H65FN10O6/c1-27(2)42(56-48(64)66-8)46(62)59-22-10-12-40(59)44-52-34-17-14-29(24-36(34)54-44)38-20-21-39(61(38)31-16-19-33(32(51)26-31)58-50(5,6)7)30-15-18-35-37(25-30)55-45(53-35)41-13-11-23-60(41)47(63)43(28(3)4)57-49(65)67-9/h14-19,24-28,38-43,58H,10-13,20-23H2,1-9H3,(H,52,54)(H,53,55)(H,56,64)(H,57,65)/t38-,39-,40+,41+,42+,43+/m1/s1. The van der Waals surface area contributed by atoms with Gasteiger partial charge in [0.05, 0.1) is 66.1 Å². The number of hydrogen-bond donors (Lipinski definition) is 5. The number of rotatable bonds is 12. The summed E-state index contributed by atoms with van der Waals surface area (Å²) in [5.74, 6) is 0.412. The van der Waals surface area contributed by atoms with E-state index in [2.05, 4.69) is 55.1 Å². The number of H-pyrrole nitrogens is 2. The number of benzene rings is 3. The molecule has 3 saturated heterocycles. The Balaban J connectivity index is 1.10. The van der Waals surface area contributed by atoms with E-state index in [1.165, 1.54) is 14.2 Å². The molecule has 16 nitrogen and oxygen atoms in total. The van der Waals surface area contributed by atoms with Crippen molar-refractivity contribution in [3.05, 3.63) is 83.2 Å². The predicted octanol–water partition coefficient (Wildman–Crippen LogP) is 8.96. The van der Waals surface area contributed by atoms with E-state index in [9.17, 15) is 19.2 Å². The summed E-state index contributed by atoms with van der Waals surface area (Å²) in [6, 6.07) is 15.6. The third kappa shape index (κ3) is 9.73. The summed E-state index contributed by atoms with van der Waals surface area (Å²) in [4.78, 5) is 75.1. The maximum absolute atomic E-state index is 16.1. The fourth-order valence-electron chi connectivity index (χ4n) is 10.2. The second kappa shape index (κ2) is 19.1. The summed E-state index contributed by atoms with van der Waals surface area (Å²) in [5, 5.41) is 8.74. The van der Waals surface area contributed by atoms with Crippen LogP contribution >= 0.6 is 0 Å². The summed E-state index contributed by atoms with van der Waals surface area (Å²) >= 11 is 0. The van der Waals surface area contributed by atoms with Gasteiger partial charge in [-0.1, -0.05) is 39.8 Å². The van der Waals surface area contributed by atoms with Crippen LogP contribution in [-0.2, 0) is 19.1 Å². The van der Waals surface area contributed by atoms with Gasteiger partial charge in [-0.05, 0) is 125 Å². The molecule has 0 saturated carbocycles. The molecule has 2 aromatic heterocycles. The molecule has 3 aliphatic heterocycles. The second-order valence-corrected chi connectivity index (χ2v) is 19.9. The molecule has 17 heteroatoms. The Kier molecular flexibility index (Phi) is 13.4. The Hall–Kier alpha value is -6.39. The van der Waals surface area contributed by atoms with Crippen molar-refractivity contribution in [3.8, 4) is 0 Å². The molecular weight excluding hydrogens is 856 g/mol. The zero-order valence-corrected chi connectivity index (χ0v) is 40.0. The van der Waals surface area contributed by atoms with E-state index in [-0.39, 0.29) is 59.2 Å². The molecule has 0 bridgehead atoms. The highest BCUT2D eigenvalue weighted by Crippen LogP contribution is 2.48. The van der Waals surface area contributed by atoms with Crippen LogP contribution in [0.15, 0.2) is 54.6 Å². The number of alkyl carbamates (subject to hydrolysis) is 2. The average Bonchev–Trinajstić information content (AvgIpc) is 4.15. The van der Waals surface area contributed by atoms with E-state index in [1.807, 2.05) is 82.5 Å². The third-order valence-electron chi connectivity index (χ3n) is 13.4. The zero-order valence-electron chi connectivity index (χ0n) is 40.0. The van der Waals surface area contributed by atoms with Gasteiger partial charge in [0.2, 0.25) is 11.8 Å². The molecule has 4 amide bonds. The van der Waals surface area contributed by atoms with Crippen LogP contribution in [0.1, 0.15) is 134 Å². The summed E-state index contributed by atoms with van der Waals surface area (Å²) in [7, 11) is 2.57. The molecule has 358 valence electrons. The fourth-order valence-corrected chi connectivity index (χ4v) is 10.2. The Bertz CT molecular complexity index is 2490. The fraction of sp³-hybridized carbons (Fsp3) is 0.520. The Morgan fingerprint density at radius 1 is 0.672 bits per heavy atom. The molecule has 6 atom stereocenters. The van der Waals surface area contributed by atoms with Gasteiger partial charge in [0.25, 0.3) is 0 Å². The number of aromatic nitrogens is 4. The van der Waals surface area contributed by atoms with E-state index in [0.717, 1.165) is 77.4 Å². The monoisotopic (exact) mass is 921 g/mol. The molecule has 5 aromatic rings. The van der Waals surface area contributed by atoms with E-state index < -0.39 is 24.3 Å². The van der Waals surface area contributed by atoms with Crippen molar-refractivity contribution in [2.24, 2.45) is 11.8 Å². The van der Waals surface area contributed by atoms with E-state index in [0.29, 0.717) is 30.4 Å². The first-order valence-electron chi connectivity index (χ1n) is 23.6. The van der Waals surface area contributed by atoms with Gasteiger partial charge in [-0.15, -0.1) is 0 Å². The number of imidazole rings is 2. The highest BCUT2D eigenvalue weighted by atomic mass is 19.1. The molecule has 3 aliphatic rings. The summed E-state index contributed by atoms with van der Waals surface area (Å²) in [6.45, 7) is 14.7. The second-order valence-electron chi connectivity index (χ2n) is 19.9. The molecule has 3 fully saturated rings. The number of aromatic amines is 2. The highest BCUT2D eigenvalue weighted by Gasteiger charge is 2.41. The Labute approximate surface area is 391 Å². The lowest BCUT2D eigenvalue weighted by molar-refractivity contribution is -0.136. The van der Waals surface area contributed by atoms with Crippen molar-refractivity contribution >= 4 is 57.4 Å².